The maximum Gasteiger partial charge on any atom is 0.165 e. The average molecular weight is 223 g/mol. The Bertz CT molecular complexity index is 484. The number of fused-ring (bicyclic) bond motifs is 1. The van der Waals surface area contributed by atoms with E-state index in [4.69, 9.17) is 10.8 Å². The van der Waals surface area contributed by atoms with Crippen LogP contribution in [0.1, 0.15) is 12.5 Å². The number of aliphatic hydroxyl groups is 2. The third-order valence-electron chi connectivity index (χ3n) is 2.45. The van der Waals surface area contributed by atoms with Crippen molar-refractivity contribution in [2.24, 2.45) is 0 Å². The molecule has 0 bridgehead atoms. The lowest BCUT2D eigenvalue weighted by Crippen LogP contribution is -2.14. The van der Waals surface area contributed by atoms with Crippen LogP contribution in [0.25, 0.3) is 11.2 Å². The number of anilines is 1. The predicted octanol–water partition coefficient (Wildman–Crippen LogP) is -0.676. The standard InChI is InChI=1S/C9H13N5O2/c10-8-7-9(12-4-11-8)14(5-13-7)6(3-16)1-2-15/h4-6,15-16H,1-3H2,(H2,10,11,12). The minimum atomic E-state index is -0.246. The summed E-state index contributed by atoms with van der Waals surface area (Å²) in [5, 5.41) is 18.1. The fourth-order valence-electron chi connectivity index (χ4n) is 1.60. The van der Waals surface area contributed by atoms with Gasteiger partial charge in [-0.1, -0.05) is 0 Å². The summed E-state index contributed by atoms with van der Waals surface area (Å²) >= 11 is 0. The molecule has 0 fully saturated rings. The number of nitrogen functional groups attached to an aromatic ring is 1. The van der Waals surface area contributed by atoms with E-state index in [1.54, 1.807) is 10.9 Å². The van der Waals surface area contributed by atoms with Gasteiger partial charge in [-0.25, -0.2) is 15.0 Å². The van der Waals surface area contributed by atoms with Gasteiger partial charge in [0.25, 0.3) is 0 Å². The van der Waals surface area contributed by atoms with Gasteiger partial charge in [-0.15, -0.1) is 0 Å². The minimum absolute atomic E-state index is 0.00847. The number of aromatic nitrogens is 4. The molecule has 2 aromatic heterocycles. The lowest BCUT2D eigenvalue weighted by atomic mass is 10.2. The molecule has 0 saturated carbocycles. The molecule has 1 unspecified atom stereocenters. The number of nitrogens with zero attached hydrogens (tertiary/aromatic N) is 4. The summed E-state index contributed by atoms with van der Waals surface area (Å²) in [4.78, 5) is 12.0. The Hall–Kier alpha value is -1.73. The first-order valence-corrected chi connectivity index (χ1v) is 4.92. The van der Waals surface area contributed by atoms with Crippen LogP contribution < -0.4 is 5.73 Å². The fourth-order valence-corrected chi connectivity index (χ4v) is 1.60. The number of imidazole rings is 1. The van der Waals surface area contributed by atoms with Gasteiger partial charge < -0.3 is 20.5 Å². The molecule has 0 spiro atoms. The molecule has 0 aromatic carbocycles. The minimum Gasteiger partial charge on any atom is -0.396 e. The highest BCUT2D eigenvalue weighted by Crippen LogP contribution is 2.20. The summed E-state index contributed by atoms with van der Waals surface area (Å²) in [5.74, 6) is 0.310. The largest absolute Gasteiger partial charge is 0.396 e. The first-order valence-electron chi connectivity index (χ1n) is 4.92. The molecule has 7 heteroatoms. The number of aliphatic hydroxyl groups excluding tert-OH is 2. The van der Waals surface area contributed by atoms with E-state index >= 15 is 0 Å². The molecule has 0 aliphatic heterocycles. The van der Waals surface area contributed by atoms with E-state index in [2.05, 4.69) is 15.0 Å². The normalized spacial score (nSPS) is 13.1. The smallest absolute Gasteiger partial charge is 0.165 e. The molecule has 1 atom stereocenters. The maximum absolute atomic E-state index is 9.22. The average Bonchev–Trinajstić information content (AvgIpc) is 2.71. The Morgan fingerprint density at radius 1 is 1.31 bits per heavy atom. The predicted molar refractivity (Wildman–Crippen MR) is 57.6 cm³/mol. The molecule has 0 radical (unpaired) electrons. The number of hydrogen-bond donors (Lipinski definition) is 3. The van der Waals surface area contributed by atoms with Crippen LogP contribution in [0.5, 0.6) is 0 Å². The fraction of sp³-hybridized carbons (Fsp3) is 0.444. The lowest BCUT2D eigenvalue weighted by Gasteiger charge is -2.14. The summed E-state index contributed by atoms with van der Waals surface area (Å²) in [7, 11) is 0. The van der Waals surface area contributed by atoms with E-state index in [0.29, 0.717) is 23.4 Å². The third kappa shape index (κ3) is 1.70. The second-order valence-electron chi connectivity index (χ2n) is 3.43. The molecule has 0 saturated heterocycles. The van der Waals surface area contributed by atoms with Crippen LogP contribution in [-0.4, -0.2) is 42.9 Å². The van der Waals surface area contributed by atoms with E-state index in [0.717, 1.165) is 0 Å². The molecule has 86 valence electrons. The molecule has 2 heterocycles. The van der Waals surface area contributed by atoms with Gasteiger partial charge in [0.1, 0.15) is 11.8 Å². The van der Waals surface area contributed by atoms with Gasteiger partial charge in [0, 0.05) is 6.61 Å². The van der Waals surface area contributed by atoms with Gasteiger partial charge >= 0.3 is 0 Å². The van der Waals surface area contributed by atoms with E-state index in [-0.39, 0.29) is 19.3 Å². The van der Waals surface area contributed by atoms with E-state index < -0.39 is 0 Å². The maximum atomic E-state index is 9.22. The van der Waals surface area contributed by atoms with E-state index in [1.807, 2.05) is 0 Å². The van der Waals surface area contributed by atoms with Crippen molar-refractivity contribution in [3.8, 4) is 0 Å². The van der Waals surface area contributed by atoms with Gasteiger partial charge in [0.15, 0.2) is 11.5 Å². The van der Waals surface area contributed by atoms with Crippen LogP contribution in [0.15, 0.2) is 12.7 Å². The number of nitrogens with two attached hydrogens (primary N) is 1. The first-order chi connectivity index (χ1) is 7.77. The summed E-state index contributed by atoms with van der Waals surface area (Å²) in [6.45, 7) is -0.0958. The van der Waals surface area contributed by atoms with Gasteiger partial charge in [-0.3, -0.25) is 0 Å². The molecule has 0 aliphatic carbocycles. The molecule has 16 heavy (non-hydrogen) atoms. The summed E-state index contributed by atoms with van der Waals surface area (Å²) in [5.41, 5.74) is 6.73. The Balaban J connectivity index is 2.48. The SMILES string of the molecule is Nc1ncnc2c1ncn2C(CO)CCO. The zero-order valence-corrected chi connectivity index (χ0v) is 8.61. The van der Waals surface area contributed by atoms with Crippen molar-refractivity contribution in [3.63, 3.8) is 0 Å². The van der Waals surface area contributed by atoms with E-state index in [9.17, 15) is 5.11 Å². The Morgan fingerprint density at radius 2 is 2.12 bits per heavy atom. The lowest BCUT2D eigenvalue weighted by molar-refractivity contribution is 0.188. The van der Waals surface area contributed by atoms with Crippen LogP contribution in [0.3, 0.4) is 0 Å². The second-order valence-corrected chi connectivity index (χ2v) is 3.43. The molecule has 0 aliphatic rings. The molecule has 2 rings (SSSR count). The summed E-state index contributed by atoms with van der Waals surface area (Å²) < 4.78 is 1.70. The first kappa shape index (κ1) is 10.8. The topological polar surface area (TPSA) is 110 Å². The molecule has 2 aromatic rings. The molecule has 4 N–H and O–H groups in total. The van der Waals surface area contributed by atoms with Crippen molar-refractivity contribution in [1.82, 2.24) is 19.5 Å². The molecule has 7 nitrogen and oxygen atoms in total. The summed E-state index contributed by atoms with van der Waals surface area (Å²) in [6, 6.07) is -0.246. The Morgan fingerprint density at radius 3 is 2.81 bits per heavy atom. The van der Waals surface area contributed by atoms with Crippen molar-refractivity contribution < 1.29 is 10.2 Å². The monoisotopic (exact) mass is 223 g/mol. The Labute approximate surface area is 91.6 Å². The molecular formula is C9H13N5O2. The van der Waals surface area contributed by atoms with Gasteiger partial charge in [0.2, 0.25) is 0 Å². The third-order valence-corrected chi connectivity index (χ3v) is 2.45. The van der Waals surface area contributed by atoms with Crippen molar-refractivity contribution in [2.75, 3.05) is 18.9 Å². The zero-order valence-electron chi connectivity index (χ0n) is 8.61. The van der Waals surface area contributed by atoms with Crippen molar-refractivity contribution in [2.45, 2.75) is 12.5 Å². The van der Waals surface area contributed by atoms with Crippen LogP contribution in [0.2, 0.25) is 0 Å². The van der Waals surface area contributed by atoms with Crippen LogP contribution in [0.4, 0.5) is 5.82 Å². The van der Waals surface area contributed by atoms with Crippen LogP contribution in [-0.2, 0) is 0 Å². The van der Waals surface area contributed by atoms with Gasteiger partial charge in [0.05, 0.1) is 19.0 Å². The van der Waals surface area contributed by atoms with Crippen LogP contribution in [0, 0.1) is 0 Å². The highest BCUT2D eigenvalue weighted by molar-refractivity contribution is 5.81. The van der Waals surface area contributed by atoms with Crippen LogP contribution >= 0.6 is 0 Å². The molecular weight excluding hydrogens is 210 g/mol. The number of rotatable bonds is 4. The second kappa shape index (κ2) is 4.42. The van der Waals surface area contributed by atoms with Crippen molar-refractivity contribution in [3.05, 3.63) is 12.7 Å². The van der Waals surface area contributed by atoms with Crippen molar-refractivity contribution in [1.29, 1.82) is 0 Å². The van der Waals surface area contributed by atoms with Gasteiger partial charge in [-0.05, 0) is 6.42 Å². The number of hydrogen-bond acceptors (Lipinski definition) is 6. The van der Waals surface area contributed by atoms with Gasteiger partial charge in [-0.2, -0.15) is 0 Å². The quantitative estimate of drug-likeness (QED) is 0.633. The Kier molecular flexibility index (Phi) is 2.97. The zero-order chi connectivity index (χ0) is 11.5. The van der Waals surface area contributed by atoms with Crippen molar-refractivity contribution >= 4 is 17.0 Å². The van der Waals surface area contributed by atoms with E-state index in [1.165, 1.54) is 6.33 Å². The summed E-state index contributed by atoms with van der Waals surface area (Å²) in [6.07, 6.45) is 3.33. The highest BCUT2D eigenvalue weighted by atomic mass is 16.3. The molecule has 0 amide bonds. The highest BCUT2D eigenvalue weighted by Gasteiger charge is 2.15.